The van der Waals surface area contributed by atoms with Crippen molar-refractivity contribution in [1.29, 1.82) is 5.26 Å². The molecule has 0 radical (unpaired) electrons. The van der Waals surface area contributed by atoms with Crippen molar-refractivity contribution in [2.75, 3.05) is 0 Å². The Kier molecular flexibility index (Phi) is 2.67. The van der Waals surface area contributed by atoms with Crippen molar-refractivity contribution in [2.45, 2.75) is 0 Å². The van der Waals surface area contributed by atoms with Crippen molar-refractivity contribution in [3.8, 4) is 17.2 Å². The number of aromatic nitrogens is 3. The summed E-state index contributed by atoms with van der Waals surface area (Å²) in [5.74, 6) is 0. The number of rotatable bonds is 1. The lowest BCUT2D eigenvalue weighted by molar-refractivity contribution is 1.01. The number of nitrogens with zero attached hydrogens (tertiary/aromatic N) is 4. The summed E-state index contributed by atoms with van der Waals surface area (Å²) in [6.07, 6.45) is 7.06. The predicted molar refractivity (Wildman–Crippen MR) is 86.2 cm³/mol. The van der Waals surface area contributed by atoms with E-state index < -0.39 is 0 Å². The molecular weight excluding hydrogens is 272 g/mol. The van der Waals surface area contributed by atoms with E-state index in [1.807, 2.05) is 24.5 Å². The summed E-state index contributed by atoms with van der Waals surface area (Å²) in [7, 11) is 2.05. The molecule has 4 rings (SSSR count). The van der Waals surface area contributed by atoms with Crippen LogP contribution in [0.25, 0.3) is 32.9 Å². The average molecular weight is 284 g/mol. The molecule has 0 aliphatic rings. The molecule has 0 atom stereocenters. The Morgan fingerprint density at radius 3 is 2.68 bits per heavy atom. The molecule has 3 aromatic heterocycles. The van der Waals surface area contributed by atoms with Gasteiger partial charge in [0.2, 0.25) is 0 Å². The van der Waals surface area contributed by atoms with Crippen LogP contribution in [-0.4, -0.2) is 14.5 Å². The average Bonchev–Trinajstić information content (AvgIpc) is 2.88. The quantitative estimate of drug-likeness (QED) is 0.536. The number of nitriles is 1. The van der Waals surface area contributed by atoms with Gasteiger partial charge in [-0.25, -0.2) is 0 Å². The normalized spacial score (nSPS) is 10.9. The van der Waals surface area contributed by atoms with E-state index in [-0.39, 0.29) is 0 Å². The molecule has 0 spiro atoms. The highest BCUT2D eigenvalue weighted by molar-refractivity contribution is 6.08. The standard InChI is InChI=1S/C18H12N4/c1-22-17-4-5-20-11-16(17)15-3-2-13(7-18(15)22)14-6-12(8-19)9-21-10-14/h2-7,9-11H,1H3. The fourth-order valence-electron chi connectivity index (χ4n) is 2.89. The lowest BCUT2D eigenvalue weighted by Crippen LogP contribution is -1.88. The molecule has 0 saturated carbocycles. The molecule has 4 heteroatoms. The molecule has 0 unspecified atom stereocenters. The summed E-state index contributed by atoms with van der Waals surface area (Å²) in [5.41, 5.74) is 4.87. The number of hydrogen-bond acceptors (Lipinski definition) is 3. The minimum atomic E-state index is 0.568. The molecule has 0 bridgehead atoms. The van der Waals surface area contributed by atoms with Crippen LogP contribution in [0, 0.1) is 11.3 Å². The zero-order chi connectivity index (χ0) is 15.1. The lowest BCUT2D eigenvalue weighted by atomic mass is 10.0. The molecule has 0 aliphatic carbocycles. The van der Waals surface area contributed by atoms with Gasteiger partial charge < -0.3 is 4.57 Å². The first-order valence-corrected chi connectivity index (χ1v) is 6.95. The van der Waals surface area contributed by atoms with Gasteiger partial charge in [-0.3, -0.25) is 9.97 Å². The first-order valence-electron chi connectivity index (χ1n) is 6.95. The van der Waals surface area contributed by atoms with E-state index in [2.05, 4.69) is 45.9 Å². The number of aryl methyl sites for hydroxylation is 1. The van der Waals surface area contributed by atoms with Gasteiger partial charge in [0.15, 0.2) is 0 Å². The second kappa shape index (κ2) is 4.68. The maximum atomic E-state index is 9.02. The van der Waals surface area contributed by atoms with E-state index in [0.717, 1.165) is 27.5 Å². The van der Waals surface area contributed by atoms with Gasteiger partial charge in [-0.2, -0.15) is 5.26 Å². The highest BCUT2D eigenvalue weighted by atomic mass is 14.9. The van der Waals surface area contributed by atoms with Crippen LogP contribution in [-0.2, 0) is 7.05 Å². The summed E-state index contributed by atoms with van der Waals surface area (Å²) in [6, 6.07) is 12.3. The fraction of sp³-hybridized carbons (Fsp3) is 0.0556. The Morgan fingerprint density at radius 1 is 0.909 bits per heavy atom. The van der Waals surface area contributed by atoms with E-state index in [9.17, 15) is 0 Å². The van der Waals surface area contributed by atoms with Crippen LogP contribution in [0.2, 0.25) is 0 Å². The second-order valence-electron chi connectivity index (χ2n) is 5.26. The van der Waals surface area contributed by atoms with Gasteiger partial charge in [0.1, 0.15) is 6.07 Å². The third-order valence-corrected chi connectivity index (χ3v) is 4.01. The minimum Gasteiger partial charge on any atom is -0.343 e. The van der Waals surface area contributed by atoms with Crippen molar-refractivity contribution in [1.82, 2.24) is 14.5 Å². The number of fused-ring (bicyclic) bond motifs is 3. The smallest absolute Gasteiger partial charge is 0.101 e. The maximum absolute atomic E-state index is 9.02. The zero-order valence-electron chi connectivity index (χ0n) is 12.0. The summed E-state index contributed by atoms with van der Waals surface area (Å²) in [5, 5.41) is 11.3. The van der Waals surface area contributed by atoms with E-state index in [1.165, 1.54) is 5.39 Å². The monoisotopic (exact) mass is 284 g/mol. The minimum absolute atomic E-state index is 0.568. The topological polar surface area (TPSA) is 54.5 Å². The Morgan fingerprint density at radius 2 is 1.82 bits per heavy atom. The molecule has 4 aromatic rings. The van der Waals surface area contributed by atoms with Crippen molar-refractivity contribution in [3.05, 3.63) is 60.7 Å². The van der Waals surface area contributed by atoms with Gasteiger partial charge in [0.25, 0.3) is 0 Å². The van der Waals surface area contributed by atoms with Crippen LogP contribution in [0.15, 0.2) is 55.1 Å². The van der Waals surface area contributed by atoms with Crippen LogP contribution < -0.4 is 0 Å². The Bertz CT molecular complexity index is 1050. The molecule has 104 valence electrons. The number of benzene rings is 1. The largest absolute Gasteiger partial charge is 0.343 e. The van der Waals surface area contributed by atoms with Crippen molar-refractivity contribution < 1.29 is 0 Å². The van der Waals surface area contributed by atoms with E-state index in [0.29, 0.717) is 5.56 Å². The molecule has 4 nitrogen and oxygen atoms in total. The van der Waals surface area contributed by atoms with Crippen molar-refractivity contribution >= 4 is 21.8 Å². The summed E-state index contributed by atoms with van der Waals surface area (Å²) >= 11 is 0. The first-order chi connectivity index (χ1) is 10.8. The molecule has 0 fully saturated rings. The van der Waals surface area contributed by atoms with Crippen LogP contribution in [0.4, 0.5) is 0 Å². The zero-order valence-corrected chi connectivity index (χ0v) is 12.0. The Balaban J connectivity index is 2.00. The van der Waals surface area contributed by atoms with Gasteiger partial charge in [0.05, 0.1) is 11.1 Å². The van der Waals surface area contributed by atoms with E-state index in [1.54, 1.807) is 12.4 Å². The SMILES string of the molecule is Cn1c2ccncc2c2ccc(-c3cncc(C#N)c3)cc21. The number of pyridine rings is 2. The summed E-state index contributed by atoms with van der Waals surface area (Å²) < 4.78 is 2.16. The third-order valence-electron chi connectivity index (χ3n) is 4.01. The predicted octanol–water partition coefficient (Wildman–Crippen LogP) is 3.66. The molecule has 0 N–H and O–H groups in total. The molecule has 0 amide bonds. The third kappa shape index (κ3) is 1.76. The highest BCUT2D eigenvalue weighted by Gasteiger charge is 2.09. The molecule has 0 saturated heterocycles. The molecular formula is C18H12N4. The maximum Gasteiger partial charge on any atom is 0.101 e. The second-order valence-corrected chi connectivity index (χ2v) is 5.26. The fourth-order valence-corrected chi connectivity index (χ4v) is 2.89. The van der Waals surface area contributed by atoms with Crippen molar-refractivity contribution in [2.24, 2.45) is 7.05 Å². The molecule has 1 aromatic carbocycles. The van der Waals surface area contributed by atoms with Gasteiger partial charge >= 0.3 is 0 Å². The van der Waals surface area contributed by atoms with E-state index >= 15 is 0 Å². The van der Waals surface area contributed by atoms with Crippen LogP contribution >= 0.6 is 0 Å². The van der Waals surface area contributed by atoms with Crippen LogP contribution in [0.3, 0.4) is 0 Å². The van der Waals surface area contributed by atoms with Gasteiger partial charge in [-0.05, 0) is 23.8 Å². The van der Waals surface area contributed by atoms with Gasteiger partial charge in [-0.1, -0.05) is 12.1 Å². The molecule has 22 heavy (non-hydrogen) atoms. The summed E-state index contributed by atoms with van der Waals surface area (Å²) in [6.45, 7) is 0. The lowest BCUT2D eigenvalue weighted by Gasteiger charge is -2.03. The van der Waals surface area contributed by atoms with Crippen LogP contribution in [0.1, 0.15) is 5.56 Å². The Labute approximate surface area is 127 Å². The first kappa shape index (κ1) is 12.5. The van der Waals surface area contributed by atoms with Crippen LogP contribution in [0.5, 0.6) is 0 Å². The Hall–Kier alpha value is -3.19. The molecule has 3 heterocycles. The van der Waals surface area contributed by atoms with Gasteiger partial charge in [0, 0.05) is 53.7 Å². The summed E-state index contributed by atoms with van der Waals surface area (Å²) in [4.78, 5) is 8.36. The van der Waals surface area contributed by atoms with Gasteiger partial charge in [-0.15, -0.1) is 0 Å². The van der Waals surface area contributed by atoms with Crippen molar-refractivity contribution in [3.63, 3.8) is 0 Å². The molecule has 0 aliphatic heterocycles. The number of hydrogen-bond donors (Lipinski definition) is 0. The highest BCUT2D eigenvalue weighted by Crippen LogP contribution is 2.31. The van der Waals surface area contributed by atoms with E-state index in [4.69, 9.17) is 5.26 Å².